The van der Waals surface area contributed by atoms with Gasteiger partial charge < -0.3 is 25.4 Å². The predicted octanol–water partition coefficient (Wildman–Crippen LogP) is 0.448. The van der Waals surface area contributed by atoms with Crippen molar-refractivity contribution >= 4 is 39.3 Å². The van der Waals surface area contributed by atoms with E-state index in [2.05, 4.69) is 20.9 Å². The first-order chi connectivity index (χ1) is 10.2. The van der Waals surface area contributed by atoms with E-state index >= 15 is 0 Å². The summed E-state index contributed by atoms with van der Waals surface area (Å²) < 4.78 is 1.56. The number of aliphatic hydroxyl groups is 1. The zero-order valence-corrected chi connectivity index (χ0v) is 12.2. The van der Waals surface area contributed by atoms with Gasteiger partial charge in [-0.15, -0.1) is 0 Å². The van der Waals surface area contributed by atoms with Crippen LogP contribution in [0.5, 0.6) is 0 Å². The van der Waals surface area contributed by atoms with E-state index in [4.69, 9.17) is 10.2 Å². The second kappa shape index (κ2) is 5.35. The lowest BCUT2D eigenvalue weighted by molar-refractivity contribution is -0.391. The van der Waals surface area contributed by atoms with Gasteiger partial charge in [0.25, 0.3) is 5.60 Å². The molecule has 0 fully saturated rings. The van der Waals surface area contributed by atoms with Gasteiger partial charge in [-0.1, -0.05) is 0 Å². The molecule has 0 aliphatic heterocycles. The fraction of sp³-hybridized carbons (Fsp3) is 0.182. The lowest BCUT2D eigenvalue weighted by Gasteiger charge is -2.16. The Balaban J connectivity index is 2.65. The zero-order valence-electron chi connectivity index (χ0n) is 10.6. The highest BCUT2D eigenvalue weighted by atomic mass is 79.9. The number of carbonyl (C=O) groups is 2. The number of hydrogen-bond acceptors (Lipinski definition) is 6. The monoisotopic (exact) mass is 373 g/mol. The zero-order chi connectivity index (χ0) is 16.7. The lowest BCUT2D eigenvalue weighted by atomic mass is 9.98. The summed E-state index contributed by atoms with van der Waals surface area (Å²) in [5.74, 6) is -4.68. The number of fused-ring (bicyclic) bond motifs is 1. The Hall–Kier alpha value is -2.53. The SMILES string of the molecule is O=C(O)C(O)(Cc1nc2ccc(Br)cn2c1[N+](=O)[O-])C(=O)O. The van der Waals surface area contributed by atoms with Crippen LogP contribution in [0.4, 0.5) is 5.82 Å². The molecule has 0 saturated heterocycles. The summed E-state index contributed by atoms with van der Waals surface area (Å²) in [4.78, 5) is 36.1. The molecular weight excluding hydrogens is 366 g/mol. The molecule has 22 heavy (non-hydrogen) atoms. The molecule has 11 heteroatoms. The predicted molar refractivity (Wildman–Crippen MR) is 73.5 cm³/mol. The summed E-state index contributed by atoms with van der Waals surface area (Å²) in [6, 6.07) is 2.97. The van der Waals surface area contributed by atoms with Crippen molar-refractivity contribution in [3.8, 4) is 0 Å². The van der Waals surface area contributed by atoms with E-state index in [-0.39, 0.29) is 5.65 Å². The van der Waals surface area contributed by atoms with Crippen molar-refractivity contribution in [2.75, 3.05) is 0 Å². The smallest absolute Gasteiger partial charge is 0.351 e. The molecule has 2 heterocycles. The Morgan fingerprint density at radius 3 is 2.45 bits per heavy atom. The van der Waals surface area contributed by atoms with Gasteiger partial charge in [-0.3, -0.25) is 0 Å². The highest BCUT2D eigenvalue weighted by Gasteiger charge is 2.47. The number of hydrogen-bond donors (Lipinski definition) is 3. The van der Waals surface area contributed by atoms with Gasteiger partial charge in [0.1, 0.15) is 11.9 Å². The summed E-state index contributed by atoms with van der Waals surface area (Å²) in [5.41, 5.74) is -3.54. The number of nitrogens with zero attached hydrogens (tertiary/aromatic N) is 3. The van der Waals surface area contributed by atoms with Crippen LogP contribution in [0, 0.1) is 10.1 Å². The van der Waals surface area contributed by atoms with Crippen LogP contribution in [0.15, 0.2) is 22.8 Å². The van der Waals surface area contributed by atoms with Crippen molar-refractivity contribution < 1.29 is 29.8 Å². The Labute approximate surface area is 129 Å². The number of carboxylic acid groups (broad SMARTS) is 2. The normalized spacial score (nSPS) is 11.5. The van der Waals surface area contributed by atoms with Crippen LogP contribution < -0.4 is 0 Å². The highest BCUT2D eigenvalue weighted by Crippen LogP contribution is 2.26. The topological polar surface area (TPSA) is 155 Å². The molecule has 0 aliphatic rings. The molecule has 2 rings (SSSR count). The summed E-state index contributed by atoms with van der Waals surface area (Å²) in [7, 11) is 0. The molecule has 2 aromatic heterocycles. The van der Waals surface area contributed by atoms with Crippen LogP contribution in [0.25, 0.3) is 5.65 Å². The third-order valence-electron chi connectivity index (χ3n) is 2.93. The van der Waals surface area contributed by atoms with Gasteiger partial charge in [-0.2, -0.15) is 4.40 Å². The molecule has 0 bridgehead atoms. The number of imidazole rings is 1. The minimum absolute atomic E-state index is 0.114. The minimum atomic E-state index is -3.21. The van der Waals surface area contributed by atoms with Crippen LogP contribution in [0.1, 0.15) is 5.69 Å². The second-order valence-corrected chi connectivity index (χ2v) is 5.28. The molecule has 0 unspecified atom stereocenters. The van der Waals surface area contributed by atoms with E-state index in [0.29, 0.717) is 4.47 Å². The molecule has 0 aromatic carbocycles. The van der Waals surface area contributed by atoms with E-state index in [1.807, 2.05) is 0 Å². The average molecular weight is 374 g/mol. The summed E-state index contributed by atoms with van der Waals surface area (Å²) in [6.07, 6.45) is 0.276. The van der Waals surface area contributed by atoms with Crippen molar-refractivity contribution in [1.82, 2.24) is 9.38 Å². The summed E-state index contributed by atoms with van der Waals surface area (Å²) >= 11 is 3.12. The molecule has 3 N–H and O–H groups in total. The van der Waals surface area contributed by atoms with E-state index in [9.17, 15) is 24.8 Å². The van der Waals surface area contributed by atoms with Crippen LogP contribution >= 0.6 is 15.9 Å². The maximum atomic E-state index is 11.2. The van der Waals surface area contributed by atoms with Gasteiger partial charge in [-0.05, 0) is 26.9 Å². The van der Waals surface area contributed by atoms with Crippen LogP contribution in [-0.2, 0) is 16.0 Å². The number of nitro groups is 1. The van der Waals surface area contributed by atoms with Gasteiger partial charge >= 0.3 is 17.8 Å². The van der Waals surface area contributed by atoms with Gasteiger partial charge in [0, 0.05) is 12.5 Å². The van der Waals surface area contributed by atoms with E-state index in [1.165, 1.54) is 12.3 Å². The van der Waals surface area contributed by atoms with Crippen molar-refractivity contribution in [1.29, 1.82) is 0 Å². The molecule has 0 spiro atoms. The number of rotatable bonds is 5. The fourth-order valence-corrected chi connectivity index (χ4v) is 2.19. The maximum Gasteiger partial charge on any atom is 0.351 e. The Morgan fingerprint density at radius 1 is 1.36 bits per heavy atom. The van der Waals surface area contributed by atoms with Crippen LogP contribution in [-0.4, -0.2) is 47.2 Å². The van der Waals surface area contributed by atoms with Gasteiger partial charge in [0.05, 0.1) is 4.47 Å². The fourth-order valence-electron chi connectivity index (χ4n) is 1.85. The molecule has 10 nitrogen and oxygen atoms in total. The number of pyridine rings is 1. The molecule has 0 saturated carbocycles. The summed E-state index contributed by atoms with van der Waals surface area (Å²) in [5, 5.41) is 38.7. The number of carboxylic acids is 2. The largest absolute Gasteiger partial charge is 0.479 e. The Kier molecular flexibility index (Phi) is 3.85. The van der Waals surface area contributed by atoms with Crippen molar-refractivity contribution in [2.45, 2.75) is 12.0 Å². The van der Waals surface area contributed by atoms with Gasteiger partial charge in [0.15, 0.2) is 0 Å². The quantitative estimate of drug-likeness (QED) is 0.387. The molecule has 116 valence electrons. The highest BCUT2D eigenvalue weighted by molar-refractivity contribution is 9.10. The average Bonchev–Trinajstić information content (AvgIpc) is 2.74. The third-order valence-corrected chi connectivity index (χ3v) is 3.40. The number of aromatic nitrogens is 2. The van der Waals surface area contributed by atoms with Crippen molar-refractivity contribution in [3.63, 3.8) is 0 Å². The van der Waals surface area contributed by atoms with E-state index in [1.54, 1.807) is 6.07 Å². The van der Waals surface area contributed by atoms with E-state index < -0.39 is 40.4 Å². The molecule has 0 amide bonds. The third kappa shape index (κ3) is 2.51. The molecule has 0 atom stereocenters. The first-order valence-electron chi connectivity index (χ1n) is 5.67. The molecular formula is C11H8BrN3O7. The van der Waals surface area contributed by atoms with Crippen molar-refractivity contribution in [2.24, 2.45) is 0 Å². The number of aliphatic carboxylic acids is 2. The Morgan fingerprint density at radius 2 is 1.95 bits per heavy atom. The first kappa shape index (κ1) is 15.9. The van der Waals surface area contributed by atoms with E-state index in [0.717, 1.165) is 4.40 Å². The van der Waals surface area contributed by atoms with Crippen molar-refractivity contribution in [3.05, 3.63) is 38.6 Å². The van der Waals surface area contributed by atoms with Crippen LogP contribution in [0.2, 0.25) is 0 Å². The molecule has 2 aromatic rings. The van der Waals surface area contributed by atoms with Crippen LogP contribution in [0.3, 0.4) is 0 Å². The standard InChI is InChI=1S/C11H8BrN3O7/c12-5-1-2-7-13-6(8(15(21)22)14(7)4-5)3-11(20,9(16)17)10(18)19/h1-2,4,20H,3H2,(H,16,17)(H,18,19). The number of halogens is 1. The summed E-state index contributed by atoms with van der Waals surface area (Å²) in [6.45, 7) is 0. The van der Waals surface area contributed by atoms with Gasteiger partial charge in [-0.25, -0.2) is 14.6 Å². The van der Waals surface area contributed by atoms with Gasteiger partial charge in [0.2, 0.25) is 5.65 Å². The first-order valence-corrected chi connectivity index (χ1v) is 6.46. The molecule has 0 aliphatic carbocycles. The lowest BCUT2D eigenvalue weighted by Crippen LogP contribution is -2.48. The Bertz CT molecular complexity index is 786. The maximum absolute atomic E-state index is 11.2. The second-order valence-electron chi connectivity index (χ2n) is 4.36. The molecule has 0 radical (unpaired) electrons. The minimum Gasteiger partial charge on any atom is -0.479 e.